The fourth-order valence-electron chi connectivity index (χ4n) is 2.94. The summed E-state index contributed by atoms with van der Waals surface area (Å²) in [5.41, 5.74) is 3.22. The Morgan fingerprint density at radius 3 is 2.50 bits per heavy atom. The molecule has 0 aliphatic carbocycles. The lowest BCUT2D eigenvalue weighted by Crippen LogP contribution is -2.08. The number of aliphatic hydroxyl groups is 1. The van der Waals surface area contributed by atoms with Gasteiger partial charge in [0.05, 0.1) is 18.4 Å². The van der Waals surface area contributed by atoms with Gasteiger partial charge in [0, 0.05) is 37.9 Å². The molecule has 2 aromatic heterocycles. The summed E-state index contributed by atoms with van der Waals surface area (Å²) in [4.78, 5) is 1.88. The summed E-state index contributed by atoms with van der Waals surface area (Å²) < 4.78 is 11.8. The summed E-state index contributed by atoms with van der Waals surface area (Å²) in [5, 5.41) is 30.6. The zero-order valence-corrected chi connectivity index (χ0v) is 13.2. The fourth-order valence-corrected chi connectivity index (χ4v) is 2.94. The molecule has 24 heavy (non-hydrogen) atoms. The molecule has 0 bridgehead atoms. The quantitative estimate of drug-likeness (QED) is 0.488. The van der Waals surface area contributed by atoms with Crippen LogP contribution < -0.4 is 4.90 Å². The number of nitrogens with zero attached hydrogens (tertiary/aromatic N) is 1. The lowest BCUT2D eigenvalue weighted by molar-refractivity contribution is 0.275. The van der Waals surface area contributed by atoms with Gasteiger partial charge in [0.15, 0.2) is 0 Å². The van der Waals surface area contributed by atoms with Crippen molar-refractivity contribution in [2.75, 3.05) is 19.0 Å². The number of phenols is 2. The fraction of sp³-hybridized carbons (Fsp3) is 0.167. The zero-order chi connectivity index (χ0) is 17.0. The first kappa shape index (κ1) is 14.6. The summed E-state index contributed by atoms with van der Waals surface area (Å²) in [6, 6.07) is 8.15. The predicted molar refractivity (Wildman–Crippen MR) is 91.5 cm³/mol. The molecule has 4 aromatic rings. The van der Waals surface area contributed by atoms with Gasteiger partial charge in [-0.2, -0.15) is 0 Å². The van der Waals surface area contributed by atoms with Gasteiger partial charge in [-0.1, -0.05) is 0 Å². The van der Waals surface area contributed by atoms with Crippen molar-refractivity contribution in [3.63, 3.8) is 0 Å². The summed E-state index contributed by atoms with van der Waals surface area (Å²) in [6.45, 7) is -0.281. The van der Waals surface area contributed by atoms with Gasteiger partial charge in [-0.05, 0) is 6.07 Å². The summed E-state index contributed by atoms with van der Waals surface area (Å²) in [7, 11) is 3.76. The third kappa shape index (κ3) is 2.04. The standard InChI is InChI=1S/C18H15NO5/c1-19(2)13-4-10(21)5-16-11(13)7-17-18(24-16)12-6-14(22)9(8-20)3-15(12)23-17/h3-7,20H,8H2,1-2H3,(H-,21,22)/p+1. The van der Waals surface area contributed by atoms with Gasteiger partial charge in [-0.15, -0.1) is 0 Å². The van der Waals surface area contributed by atoms with Crippen LogP contribution in [0.15, 0.2) is 39.2 Å². The normalized spacial score (nSPS) is 11.6. The third-order valence-corrected chi connectivity index (χ3v) is 4.11. The van der Waals surface area contributed by atoms with Crippen LogP contribution in [0.4, 0.5) is 5.69 Å². The molecule has 0 spiro atoms. The minimum Gasteiger partial charge on any atom is -0.508 e. The second-order valence-electron chi connectivity index (χ2n) is 5.95. The van der Waals surface area contributed by atoms with E-state index in [1.165, 1.54) is 6.07 Å². The molecule has 0 amide bonds. The minimum atomic E-state index is -0.281. The van der Waals surface area contributed by atoms with Crippen molar-refractivity contribution in [2.45, 2.75) is 6.61 Å². The molecule has 0 unspecified atom stereocenters. The molecule has 2 aromatic carbocycles. The van der Waals surface area contributed by atoms with Crippen molar-refractivity contribution in [2.24, 2.45) is 0 Å². The first-order valence-corrected chi connectivity index (χ1v) is 7.44. The van der Waals surface area contributed by atoms with Crippen LogP contribution in [0.1, 0.15) is 5.56 Å². The Morgan fingerprint density at radius 2 is 1.79 bits per heavy atom. The summed E-state index contributed by atoms with van der Waals surface area (Å²) >= 11 is 0. The predicted octanol–water partition coefficient (Wildman–Crippen LogP) is 3.58. The lowest BCUT2D eigenvalue weighted by atomic mass is 10.1. The maximum Gasteiger partial charge on any atom is 0.406 e. The Bertz CT molecular complexity index is 1100. The number of fused-ring (bicyclic) bond motifs is 4. The number of aromatic hydroxyl groups is 2. The maximum absolute atomic E-state index is 9.97. The van der Waals surface area contributed by atoms with Crippen LogP contribution in [0.3, 0.4) is 0 Å². The average molecular weight is 326 g/mol. The van der Waals surface area contributed by atoms with Crippen LogP contribution in [0.2, 0.25) is 0 Å². The number of hydrogen-bond acceptors (Lipinski definition) is 5. The van der Waals surface area contributed by atoms with E-state index >= 15 is 0 Å². The van der Waals surface area contributed by atoms with Crippen LogP contribution in [-0.2, 0) is 6.61 Å². The van der Waals surface area contributed by atoms with Gasteiger partial charge < -0.3 is 24.6 Å². The highest BCUT2D eigenvalue weighted by Crippen LogP contribution is 2.39. The van der Waals surface area contributed by atoms with Crippen molar-refractivity contribution in [3.05, 3.63) is 35.9 Å². The van der Waals surface area contributed by atoms with E-state index < -0.39 is 0 Å². The van der Waals surface area contributed by atoms with E-state index in [0.717, 1.165) is 11.1 Å². The smallest absolute Gasteiger partial charge is 0.406 e. The second-order valence-corrected chi connectivity index (χ2v) is 5.95. The van der Waals surface area contributed by atoms with E-state index in [9.17, 15) is 15.3 Å². The summed E-state index contributed by atoms with van der Waals surface area (Å²) in [6.07, 6.45) is 0. The molecule has 6 heteroatoms. The van der Waals surface area contributed by atoms with Crippen LogP contribution in [0.5, 0.6) is 11.5 Å². The topological polar surface area (TPSA) is 88.4 Å². The largest absolute Gasteiger partial charge is 0.508 e. The number of rotatable bonds is 2. The second kappa shape index (κ2) is 5.01. The van der Waals surface area contributed by atoms with Crippen molar-refractivity contribution in [1.29, 1.82) is 0 Å². The van der Waals surface area contributed by atoms with Gasteiger partial charge in [-0.25, -0.2) is 4.42 Å². The molecule has 6 nitrogen and oxygen atoms in total. The highest BCUT2D eigenvalue weighted by Gasteiger charge is 2.24. The monoisotopic (exact) mass is 326 g/mol. The Morgan fingerprint density at radius 1 is 1.00 bits per heavy atom. The Labute approximate surface area is 136 Å². The van der Waals surface area contributed by atoms with Gasteiger partial charge in [0.1, 0.15) is 27.9 Å². The van der Waals surface area contributed by atoms with Crippen LogP contribution >= 0.6 is 0 Å². The number of anilines is 1. The van der Waals surface area contributed by atoms with E-state index in [1.54, 1.807) is 18.2 Å². The van der Waals surface area contributed by atoms with Crippen LogP contribution in [-0.4, -0.2) is 29.4 Å². The zero-order valence-electron chi connectivity index (χ0n) is 13.2. The van der Waals surface area contributed by atoms with Crippen molar-refractivity contribution in [1.82, 2.24) is 0 Å². The number of phenolic OH excluding ortho intramolecular Hbond substituents is 1. The first-order chi connectivity index (χ1) is 11.5. The van der Waals surface area contributed by atoms with E-state index in [1.807, 2.05) is 25.1 Å². The molecule has 0 saturated carbocycles. The maximum atomic E-state index is 9.97. The van der Waals surface area contributed by atoms with Crippen LogP contribution in [0.25, 0.3) is 33.1 Å². The number of aliphatic hydroxyl groups excluding tert-OH is 1. The number of furan rings is 1. The molecule has 0 saturated heterocycles. The molecular formula is C18H16NO5+. The molecular weight excluding hydrogens is 310 g/mol. The molecule has 0 aliphatic rings. The molecule has 122 valence electrons. The van der Waals surface area contributed by atoms with E-state index in [-0.39, 0.29) is 18.1 Å². The van der Waals surface area contributed by atoms with Crippen molar-refractivity contribution >= 4 is 38.8 Å². The number of hydrogen-bond donors (Lipinski definition) is 3. The van der Waals surface area contributed by atoms with E-state index in [2.05, 4.69) is 0 Å². The molecule has 0 aliphatic heterocycles. The Kier molecular flexibility index (Phi) is 3.04. The van der Waals surface area contributed by atoms with Crippen LogP contribution in [0, 0.1) is 0 Å². The minimum absolute atomic E-state index is 0.0205. The molecule has 0 radical (unpaired) electrons. The molecule has 3 N–H and O–H groups in total. The SMILES string of the molecule is CN(C)c1cc(O)cc2[o+]c3c(cc12)oc1cc(CO)c(O)cc13. The van der Waals surface area contributed by atoms with Crippen molar-refractivity contribution < 1.29 is 24.2 Å². The van der Waals surface area contributed by atoms with Gasteiger partial charge in [0.2, 0.25) is 5.58 Å². The molecule has 2 heterocycles. The Hall–Kier alpha value is -2.99. The molecule has 4 rings (SSSR count). The highest BCUT2D eigenvalue weighted by atomic mass is 16.4. The highest BCUT2D eigenvalue weighted by molar-refractivity contribution is 6.06. The third-order valence-electron chi connectivity index (χ3n) is 4.11. The molecule has 0 atom stereocenters. The Balaban J connectivity index is 2.13. The summed E-state index contributed by atoms with van der Waals surface area (Å²) in [5.74, 6) is 0.0837. The van der Waals surface area contributed by atoms with Gasteiger partial charge >= 0.3 is 11.2 Å². The van der Waals surface area contributed by atoms with E-state index in [0.29, 0.717) is 33.3 Å². The lowest BCUT2D eigenvalue weighted by Gasteiger charge is -2.12. The first-order valence-electron chi connectivity index (χ1n) is 7.44. The van der Waals surface area contributed by atoms with Gasteiger partial charge in [0.25, 0.3) is 0 Å². The average Bonchev–Trinajstić information content (AvgIpc) is 2.87. The number of benzene rings is 2. The van der Waals surface area contributed by atoms with Gasteiger partial charge in [-0.3, -0.25) is 0 Å². The van der Waals surface area contributed by atoms with Crippen molar-refractivity contribution in [3.8, 4) is 11.5 Å². The van der Waals surface area contributed by atoms with E-state index in [4.69, 9.17) is 8.83 Å². The molecule has 0 fully saturated rings.